The zero-order valence-electron chi connectivity index (χ0n) is 18.3. The third-order valence-electron chi connectivity index (χ3n) is 6.78. The Morgan fingerprint density at radius 3 is 2.79 bits per heavy atom. The number of H-pyrrole nitrogens is 1. The summed E-state index contributed by atoms with van der Waals surface area (Å²) < 4.78 is 11.7. The van der Waals surface area contributed by atoms with Gasteiger partial charge >= 0.3 is 6.09 Å². The van der Waals surface area contributed by atoms with Gasteiger partial charge in [0, 0.05) is 42.9 Å². The minimum atomic E-state index is -0.756. The predicted octanol–water partition coefficient (Wildman–Crippen LogP) is 3.07. The summed E-state index contributed by atoms with van der Waals surface area (Å²) in [4.78, 5) is 30.9. The van der Waals surface area contributed by atoms with Crippen molar-refractivity contribution in [2.75, 3.05) is 36.5 Å². The van der Waals surface area contributed by atoms with Crippen molar-refractivity contribution in [2.24, 2.45) is 17.6 Å². The van der Waals surface area contributed by atoms with E-state index < -0.39 is 6.09 Å². The van der Waals surface area contributed by atoms with Crippen LogP contribution in [0.3, 0.4) is 0 Å². The number of halogens is 1. The van der Waals surface area contributed by atoms with Crippen LogP contribution in [-0.4, -0.2) is 64.5 Å². The topological polar surface area (TPSA) is 131 Å². The molecule has 11 heteroatoms. The number of primary amides is 1. The highest BCUT2D eigenvalue weighted by Gasteiger charge is 2.47. The van der Waals surface area contributed by atoms with E-state index in [1.54, 1.807) is 6.20 Å². The third kappa shape index (κ3) is 3.78. The zero-order chi connectivity index (χ0) is 23.2. The molecule has 0 spiro atoms. The molecular weight excluding hydrogens is 502 g/mol. The van der Waals surface area contributed by atoms with E-state index in [4.69, 9.17) is 20.2 Å². The highest BCUT2D eigenvalue weighted by atomic mass is 79.9. The smallest absolute Gasteiger partial charge is 0.404 e. The Labute approximate surface area is 204 Å². The Bertz CT molecular complexity index is 1260. The van der Waals surface area contributed by atoms with Crippen molar-refractivity contribution in [1.82, 2.24) is 19.9 Å². The van der Waals surface area contributed by atoms with E-state index in [0.29, 0.717) is 24.7 Å². The maximum Gasteiger partial charge on any atom is 0.404 e. The molecule has 4 atom stereocenters. The molecule has 3 aliphatic rings. The van der Waals surface area contributed by atoms with Crippen LogP contribution < -0.4 is 16.0 Å². The summed E-state index contributed by atoms with van der Waals surface area (Å²) >= 11 is 3.62. The number of carbonyl (C=O) groups is 1. The summed E-state index contributed by atoms with van der Waals surface area (Å²) in [6.07, 6.45) is 7.68. The summed E-state index contributed by atoms with van der Waals surface area (Å²) in [6.45, 7) is 3.10. The van der Waals surface area contributed by atoms with Crippen molar-refractivity contribution in [3.05, 3.63) is 41.2 Å². The van der Waals surface area contributed by atoms with E-state index in [2.05, 4.69) is 53.3 Å². The van der Waals surface area contributed by atoms with Crippen molar-refractivity contribution >= 4 is 44.7 Å². The normalized spacial score (nSPS) is 25.7. The number of hydrogen-bond donors (Lipinski definition) is 3. The quantitative estimate of drug-likeness (QED) is 0.433. The SMILES string of the molecule is NC(=O)O[C@@H]1[C@H](Nc2c(Br)cnc3nc(-c4ccc(N5CCOCC5)nc4)[nH]c23)[C@H]2C=C[C@@H]1C2. The second-order valence-corrected chi connectivity index (χ2v) is 9.64. The van der Waals surface area contributed by atoms with Crippen LogP contribution in [-0.2, 0) is 9.47 Å². The summed E-state index contributed by atoms with van der Waals surface area (Å²) in [5.74, 6) is 2.03. The van der Waals surface area contributed by atoms with Crippen LogP contribution in [0.25, 0.3) is 22.6 Å². The molecule has 1 aliphatic heterocycles. The highest BCUT2D eigenvalue weighted by molar-refractivity contribution is 9.10. The molecule has 10 nitrogen and oxygen atoms in total. The number of hydrogen-bond acceptors (Lipinski definition) is 8. The Balaban J connectivity index is 1.30. The van der Waals surface area contributed by atoms with E-state index in [1.165, 1.54) is 0 Å². The summed E-state index contributed by atoms with van der Waals surface area (Å²) in [5.41, 5.74) is 8.39. The third-order valence-corrected chi connectivity index (χ3v) is 7.38. The number of morpholine rings is 1. The maximum absolute atomic E-state index is 11.5. The molecular formula is C23H24BrN7O3. The summed E-state index contributed by atoms with van der Waals surface area (Å²) in [5, 5.41) is 3.58. The number of anilines is 2. The molecule has 0 radical (unpaired) electrons. The number of aromatic nitrogens is 4. The molecule has 2 aliphatic carbocycles. The van der Waals surface area contributed by atoms with Gasteiger partial charge in [-0.1, -0.05) is 12.2 Å². The first kappa shape index (κ1) is 21.4. The summed E-state index contributed by atoms with van der Waals surface area (Å²) in [6, 6.07) is 3.92. The number of nitrogens with two attached hydrogens (primary N) is 1. The van der Waals surface area contributed by atoms with Crippen molar-refractivity contribution in [3.63, 3.8) is 0 Å². The number of nitrogens with zero attached hydrogens (tertiary/aromatic N) is 4. The first-order chi connectivity index (χ1) is 16.6. The molecule has 34 heavy (non-hydrogen) atoms. The fourth-order valence-electron chi connectivity index (χ4n) is 5.14. The van der Waals surface area contributed by atoms with E-state index in [1.807, 2.05) is 18.3 Å². The first-order valence-corrected chi connectivity index (χ1v) is 12.1. The van der Waals surface area contributed by atoms with Gasteiger partial charge in [0.15, 0.2) is 5.65 Å². The molecule has 6 rings (SSSR count). The minimum absolute atomic E-state index is 0.0920. The van der Waals surface area contributed by atoms with Gasteiger partial charge in [0.25, 0.3) is 0 Å². The van der Waals surface area contributed by atoms with Gasteiger partial charge in [-0.15, -0.1) is 0 Å². The largest absolute Gasteiger partial charge is 0.444 e. The maximum atomic E-state index is 11.5. The molecule has 1 amide bonds. The van der Waals surface area contributed by atoms with Gasteiger partial charge in [0.2, 0.25) is 0 Å². The number of fused-ring (bicyclic) bond motifs is 3. The van der Waals surface area contributed by atoms with Gasteiger partial charge in [0.1, 0.15) is 23.3 Å². The zero-order valence-corrected chi connectivity index (χ0v) is 19.9. The molecule has 2 fully saturated rings. The van der Waals surface area contributed by atoms with Crippen LogP contribution in [0.4, 0.5) is 16.3 Å². The van der Waals surface area contributed by atoms with Crippen LogP contribution in [0.15, 0.2) is 41.2 Å². The van der Waals surface area contributed by atoms with Crippen LogP contribution in [0, 0.1) is 11.8 Å². The van der Waals surface area contributed by atoms with Crippen molar-refractivity contribution < 1.29 is 14.3 Å². The van der Waals surface area contributed by atoms with Gasteiger partial charge in [-0.25, -0.2) is 19.7 Å². The monoisotopic (exact) mass is 525 g/mol. The highest BCUT2D eigenvalue weighted by Crippen LogP contribution is 2.44. The lowest BCUT2D eigenvalue weighted by molar-refractivity contribution is 0.0854. The Hall–Kier alpha value is -3.18. The molecule has 3 aromatic rings. The number of pyridine rings is 2. The Morgan fingerprint density at radius 1 is 1.21 bits per heavy atom. The fourth-order valence-corrected chi connectivity index (χ4v) is 5.56. The number of carbonyl (C=O) groups excluding carboxylic acids is 1. The molecule has 4 heterocycles. The molecule has 176 valence electrons. The lowest BCUT2D eigenvalue weighted by atomic mass is 9.98. The van der Waals surface area contributed by atoms with E-state index in [0.717, 1.165) is 46.6 Å². The molecule has 4 N–H and O–H groups in total. The standard InChI is InChI=1S/C23H24BrN7O3/c24-15-11-27-22-19(18(15)28-17-12-1-2-13(9-12)20(17)34-23(25)32)29-21(30-22)14-3-4-16(26-10-14)31-5-7-33-8-6-31/h1-4,10-13,17,20H,5-9H2,(H2,25,32)(H2,27,28,29,30)/t12-,13+,17+,20-/m0/s1. The molecule has 0 aromatic carbocycles. The Kier molecular flexibility index (Phi) is 5.37. The average molecular weight is 526 g/mol. The number of imidazole rings is 1. The molecule has 1 saturated carbocycles. The summed E-state index contributed by atoms with van der Waals surface area (Å²) in [7, 11) is 0. The molecule has 1 saturated heterocycles. The molecule has 3 aromatic heterocycles. The number of aromatic amines is 1. The number of amides is 1. The van der Waals surface area contributed by atoms with Crippen molar-refractivity contribution in [1.29, 1.82) is 0 Å². The van der Waals surface area contributed by atoms with Gasteiger partial charge < -0.3 is 30.4 Å². The van der Waals surface area contributed by atoms with E-state index in [9.17, 15) is 4.79 Å². The van der Waals surface area contributed by atoms with E-state index >= 15 is 0 Å². The van der Waals surface area contributed by atoms with E-state index in [-0.39, 0.29) is 24.0 Å². The lowest BCUT2D eigenvalue weighted by Gasteiger charge is -2.29. The lowest BCUT2D eigenvalue weighted by Crippen LogP contribution is -2.41. The van der Waals surface area contributed by atoms with Crippen LogP contribution >= 0.6 is 15.9 Å². The van der Waals surface area contributed by atoms with Crippen LogP contribution in [0.5, 0.6) is 0 Å². The van der Waals surface area contributed by atoms with Crippen molar-refractivity contribution in [3.8, 4) is 11.4 Å². The van der Waals surface area contributed by atoms with Crippen LogP contribution in [0.2, 0.25) is 0 Å². The number of nitrogens with one attached hydrogen (secondary N) is 2. The first-order valence-electron chi connectivity index (χ1n) is 11.3. The van der Waals surface area contributed by atoms with Gasteiger partial charge in [-0.3, -0.25) is 0 Å². The molecule has 0 unspecified atom stereocenters. The minimum Gasteiger partial charge on any atom is -0.444 e. The predicted molar refractivity (Wildman–Crippen MR) is 130 cm³/mol. The second kappa shape index (κ2) is 8.55. The molecule has 2 bridgehead atoms. The van der Waals surface area contributed by atoms with Gasteiger partial charge in [-0.05, 0) is 34.5 Å². The number of ether oxygens (including phenoxy) is 2. The van der Waals surface area contributed by atoms with Gasteiger partial charge in [-0.2, -0.15) is 0 Å². The second-order valence-electron chi connectivity index (χ2n) is 8.79. The van der Waals surface area contributed by atoms with Gasteiger partial charge in [0.05, 0.1) is 29.4 Å². The fraction of sp³-hybridized carbons (Fsp3) is 0.391. The average Bonchev–Trinajstić information content (AvgIpc) is 3.57. The van der Waals surface area contributed by atoms with Crippen LogP contribution in [0.1, 0.15) is 6.42 Å². The Morgan fingerprint density at radius 2 is 2.03 bits per heavy atom. The van der Waals surface area contributed by atoms with Crippen molar-refractivity contribution in [2.45, 2.75) is 18.6 Å². The number of rotatable bonds is 5.